The van der Waals surface area contributed by atoms with E-state index in [-0.39, 0.29) is 11.9 Å². The molecule has 1 aromatic carbocycles. The number of hydrogen-bond acceptors (Lipinski definition) is 5. The van der Waals surface area contributed by atoms with Crippen LogP contribution in [0.3, 0.4) is 0 Å². The van der Waals surface area contributed by atoms with E-state index in [0.29, 0.717) is 17.9 Å². The van der Waals surface area contributed by atoms with E-state index in [9.17, 15) is 8.42 Å². The summed E-state index contributed by atoms with van der Waals surface area (Å²) in [4.78, 5) is 2.65. The molecule has 118 valence electrons. The van der Waals surface area contributed by atoms with Crippen molar-refractivity contribution in [3.05, 3.63) is 30.3 Å². The molecule has 0 amide bonds. The lowest BCUT2D eigenvalue weighted by atomic mass is 10.3. The molecule has 1 heterocycles. The van der Waals surface area contributed by atoms with E-state index < -0.39 is 9.84 Å². The Kier molecular flexibility index (Phi) is 6.17. The first-order chi connectivity index (χ1) is 10.1. The Morgan fingerprint density at radius 3 is 2.81 bits per heavy atom. The number of ether oxygens (including phenoxy) is 1. The molecular weight excluding hydrogens is 288 g/mol. The first kappa shape index (κ1) is 16.4. The van der Waals surface area contributed by atoms with E-state index in [1.807, 2.05) is 6.07 Å². The number of nitrogens with zero attached hydrogens (tertiary/aromatic N) is 1. The number of benzene rings is 1. The third-order valence-electron chi connectivity index (χ3n) is 3.58. The van der Waals surface area contributed by atoms with Gasteiger partial charge in [-0.1, -0.05) is 18.2 Å². The fourth-order valence-electron chi connectivity index (χ4n) is 2.39. The SMILES string of the molecule is CN1CCO[C@@H](CNCCCS(=O)(=O)c2ccccc2)C1. The van der Waals surface area contributed by atoms with E-state index in [0.717, 1.165) is 26.2 Å². The predicted octanol–water partition coefficient (Wildman–Crippen LogP) is 0.771. The highest BCUT2D eigenvalue weighted by atomic mass is 32.2. The molecule has 1 aromatic rings. The molecule has 0 unspecified atom stereocenters. The summed E-state index contributed by atoms with van der Waals surface area (Å²) >= 11 is 0. The first-order valence-corrected chi connectivity index (χ1v) is 9.02. The molecule has 6 heteroatoms. The highest BCUT2D eigenvalue weighted by Crippen LogP contribution is 2.10. The molecule has 1 aliphatic heterocycles. The number of hydrogen-bond donors (Lipinski definition) is 1. The largest absolute Gasteiger partial charge is 0.374 e. The van der Waals surface area contributed by atoms with Gasteiger partial charge in [-0.2, -0.15) is 0 Å². The second-order valence-corrected chi connectivity index (χ2v) is 7.55. The second-order valence-electron chi connectivity index (χ2n) is 5.44. The van der Waals surface area contributed by atoms with Crippen LogP contribution in [0, 0.1) is 0 Å². The van der Waals surface area contributed by atoms with Crippen molar-refractivity contribution in [1.82, 2.24) is 10.2 Å². The van der Waals surface area contributed by atoms with Crippen LogP contribution in [0.4, 0.5) is 0 Å². The first-order valence-electron chi connectivity index (χ1n) is 7.36. The van der Waals surface area contributed by atoms with Gasteiger partial charge in [0, 0.05) is 19.6 Å². The number of likely N-dealkylation sites (N-methyl/N-ethyl adjacent to an activating group) is 1. The normalized spacial score (nSPS) is 20.5. The minimum absolute atomic E-state index is 0.176. The van der Waals surface area contributed by atoms with Gasteiger partial charge in [-0.3, -0.25) is 0 Å². The van der Waals surface area contributed by atoms with Gasteiger partial charge in [-0.15, -0.1) is 0 Å². The maximum atomic E-state index is 12.1. The fraction of sp³-hybridized carbons (Fsp3) is 0.600. The summed E-state index contributed by atoms with van der Waals surface area (Å²) in [6, 6.07) is 8.62. The van der Waals surface area contributed by atoms with Crippen molar-refractivity contribution in [2.24, 2.45) is 0 Å². The Morgan fingerprint density at radius 1 is 1.33 bits per heavy atom. The lowest BCUT2D eigenvalue weighted by Gasteiger charge is -2.30. The quantitative estimate of drug-likeness (QED) is 0.754. The van der Waals surface area contributed by atoms with Crippen LogP contribution in [0.2, 0.25) is 0 Å². The van der Waals surface area contributed by atoms with E-state index in [4.69, 9.17) is 4.74 Å². The van der Waals surface area contributed by atoms with Crippen molar-refractivity contribution in [3.63, 3.8) is 0 Å². The second kappa shape index (κ2) is 7.89. The summed E-state index contributed by atoms with van der Waals surface area (Å²) in [5.41, 5.74) is 0. The van der Waals surface area contributed by atoms with Gasteiger partial charge >= 0.3 is 0 Å². The maximum Gasteiger partial charge on any atom is 0.178 e. The molecule has 1 fully saturated rings. The van der Waals surface area contributed by atoms with Crippen molar-refractivity contribution >= 4 is 9.84 Å². The van der Waals surface area contributed by atoms with Crippen LogP contribution in [-0.2, 0) is 14.6 Å². The third kappa shape index (κ3) is 5.39. The summed E-state index contributed by atoms with van der Waals surface area (Å²) in [5.74, 6) is 0.176. The van der Waals surface area contributed by atoms with Crippen molar-refractivity contribution in [2.75, 3.05) is 45.6 Å². The lowest BCUT2D eigenvalue weighted by Crippen LogP contribution is -2.45. The molecular formula is C15H24N2O3S. The Labute approximate surface area is 127 Å². The van der Waals surface area contributed by atoms with Gasteiger partial charge in [-0.05, 0) is 32.1 Å². The van der Waals surface area contributed by atoms with Crippen LogP contribution in [0.5, 0.6) is 0 Å². The average molecular weight is 312 g/mol. The van der Waals surface area contributed by atoms with Gasteiger partial charge in [0.15, 0.2) is 9.84 Å². The minimum Gasteiger partial charge on any atom is -0.374 e. The van der Waals surface area contributed by atoms with E-state index in [1.165, 1.54) is 0 Å². The Hall–Kier alpha value is -0.950. The van der Waals surface area contributed by atoms with Crippen molar-refractivity contribution in [3.8, 4) is 0 Å². The number of sulfone groups is 1. The van der Waals surface area contributed by atoms with Crippen LogP contribution < -0.4 is 5.32 Å². The van der Waals surface area contributed by atoms with E-state index in [2.05, 4.69) is 17.3 Å². The van der Waals surface area contributed by atoms with Crippen LogP contribution in [0.25, 0.3) is 0 Å². The third-order valence-corrected chi connectivity index (χ3v) is 5.40. The molecule has 0 bridgehead atoms. The van der Waals surface area contributed by atoms with Gasteiger partial charge in [0.25, 0.3) is 0 Å². The van der Waals surface area contributed by atoms with Gasteiger partial charge in [0.1, 0.15) is 0 Å². The van der Waals surface area contributed by atoms with Crippen LogP contribution in [0.1, 0.15) is 6.42 Å². The van der Waals surface area contributed by atoms with Crippen LogP contribution >= 0.6 is 0 Å². The molecule has 0 radical (unpaired) electrons. The molecule has 21 heavy (non-hydrogen) atoms. The summed E-state index contributed by atoms with van der Waals surface area (Å²) in [5, 5.41) is 3.28. The standard InChI is InChI=1S/C15H24N2O3S/c1-17-9-10-20-14(13-17)12-16-8-5-11-21(18,19)15-6-3-2-4-7-15/h2-4,6-7,14,16H,5,8-13H2,1H3/t14-/m0/s1. The molecule has 0 aromatic heterocycles. The van der Waals surface area contributed by atoms with Crippen molar-refractivity contribution in [2.45, 2.75) is 17.4 Å². The molecule has 1 aliphatic rings. The summed E-state index contributed by atoms with van der Waals surface area (Å²) in [6.07, 6.45) is 0.814. The van der Waals surface area contributed by atoms with Crippen LogP contribution in [0.15, 0.2) is 35.2 Å². The van der Waals surface area contributed by atoms with E-state index in [1.54, 1.807) is 24.3 Å². The smallest absolute Gasteiger partial charge is 0.178 e. The van der Waals surface area contributed by atoms with Gasteiger partial charge < -0.3 is 15.0 Å². The summed E-state index contributed by atoms with van der Waals surface area (Å²) < 4.78 is 29.8. The average Bonchev–Trinajstić information content (AvgIpc) is 2.48. The molecule has 1 atom stereocenters. The molecule has 5 nitrogen and oxygen atoms in total. The molecule has 2 rings (SSSR count). The monoisotopic (exact) mass is 312 g/mol. The predicted molar refractivity (Wildman–Crippen MR) is 83.2 cm³/mol. The summed E-state index contributed by atoms with van der Waals surface area (Å²) in [6.45, 7) is 4.14. The summed E-state index contributed by atoms with van der Waals surface area (Å²) in [7, 11) is -1.07. The maximum absolute atomic E-state index is 12.1. The van der Waals surface area contributed by atoms with E-state index >= 15 is 0 Å². The fourth-order valence-corrected chi connectivity index (χ4v) is 3.72. The molecule has 0 saturated carbocycles. The molecule has 0 aliphatic carbocycles. The van der Waals surface area contributed by atoms with Gasteiger partial charge in [0.2, 0.25) is 0 Å². The zero-order valence-corrected chi connectivity index (χ0v) is 13.3. The van der Waals surface area contributed by atoms with Crippen molar-refractivity contribution < 1.29 is 13.2 Å². The minimum atomic E-state index is -3.15. The molecule has 1 N–H and O–H groups in total. The number of nitrogens with one attached hydrogen (secondary N) is 1. The number of morpholine rings is 1. The Balaban J connectivity index is 1.65. The van der Waals surface area contributed by atoms with Gasteiger partial charge in [-0.25, -0.2) is 8.42 Å². The Bertz CT molecular complexity index is 519. The number of rotatable bonds is 7. The molecule has 1 saturated heterocycles. The highest BCUT2D eigenvalue weighted by Gasteiger charge is 2.17. The molecule has 0 spiro atoms. The van der Waals surface area contributed by atoms with Crippen molar-refractivity contribution in [1.29, 1.82) is 0 Å². The van der Waals surface area contributed by atoms with Crippen LogP contribution in [-0.4, -0.2) is 65.0 Å². The van der Waals surface area contributed by atoms with Gasteiger partial charge in [0.05, 0.1) is 23.4 Å². The lowest BCUT2D eigenvalue weighted by molar-refractivity contribution is -0.0179. The Morgan fingerprint density at radius 2 is 2.10 bits per heavy atom. The highest BCUT2D eigenvalue weighted by molar-refractivity contribution is 7.91. The topological polar surface area (TPSA) is 58.6 Å². The zero-order chi connectivity index (χ0) is 15.1. The zero-order valence-electron chi connectivity index (χ0n) is 12.5.